The van der Waals surface area contributed by atoms with Crippen LogP contribution in [0.2, 0.25) is 0 Å². The normalized spacial score (nSPS) is 10.2. The predicted octanol–water partition coefficient (Wildman–Crippen LogP) is 2.21. The molecular weight excluding hydrogens is 212 g/mol. The van der Waals surface area contributed by atoms with Crippen molar-refractivity contribution in [1.29, 1.82) is 0 Å². The van der Waals surface area contributed by atoms with E-state index in [9.17, 15) is 4.79 Å². The first-order valence-corrected chi connectivity index (χ1v) is 5.12. The second-order valence-electron chi connectivity index (χ2n) is 2.94. The van der Waals surface area contributed by atoms with Crippen molar-refractivity contribution in [2.45, 2.75) is 6.92 Å². The van der Waals surface area contributed by atoms with Gasteiger partial charge in [0.05, 0.1) is 5.69 Å². The third-order valence-corrected chi connectivity index (χ3v) is 2.88. The molecule has 76 valence electrons. The number of carboxylic acids is 1. The summed E-state index contributed by atoms with van der Waals surface area (Å²) in [4.78, 5) is 19.6. The summed E-state index contributed by atoms with van der Waals surface area (Å²) in [7, 11) is 0. The number of aryl methyl sites for hydroxylation is 1. The van der Waals surface area contributed by atoms with E-state index in [1.165, 1.54) is 11.3 Å². The SMILES string of the molecule is Cc1sc(-c2ccccn2)nc1C(=O)O. The van der Waals surface area contributed by atoms with Gasteiger partial charge in [0.1, 0.15) is 5.01 Å². The number of rotatable bonds is 2. The fourth-order valence-corrected chi connectivity index (χ4v) is 2.08. The molecule has 0 amide bonds. The zero-order valence-electron chi connectivity index (χ0n) is 7.97. The number of hydrogen-bond acceptors (Lipinski definition) is 4. The van der Waals surface area contributed by atoms with Crippen LogP contribution in [-0.2, 0) is 0 Å². The van der Waals surface area contributed by atoms with Crippen molar-refractivity contribution >= 4 is 17.3 Å². The van der Waals surface area contributed by atoms with Crippen molar-refractivity contribution in [3.05, 3.63) is 35.0 Å². The largest absolute Gasteiger partial charge is 0.476 e. The summed E-state index contributed by atoms with van der Waals surface area (Å²) in [6.07, 6.45) is 1.66. The Labute approximate surface area is 90.3 Å². The Morgan fingerprint density at radius 2 is 2.27 bits per heavy atom. The summed E-state index contributed by atoms with van der Waals surface area (Å²) in [5.74, 6) is -0.995. The van der Waals surface area contributed by atoms with Crippen LogP contribution < -0.4 is 0 Å². The number of carboxylic acid groups (broad SMARTS) is 1. The van der Waals surface area contributed by atoms with Crippen molar-refractivity contribution < 1.29 is 9.90 Å². The minimum absolute atomic E-state index is 0.112. The van der Waals surface area contributed by atoms with Crippen LogP contribution in [0.5, 0.6) is 0 Å². The first-order valence-electron chi connectivity index (χ1n) is 4.30. The smallest absolute Gasteiger partial charge is 0.355 e. The molecule has 0 saturated heterocycles. The van der Waals surface area contributed by atoms with Gasteiger partial charge in [-0.2, -0.15) is 0 Å². The van der Waals surface area contributed by atoms with Crippen molar-refractivity contribution in [2.24, 2.45) is 0 Å². The van der Waals surface area contributed by atoms with Gasteiger partial charge in [-0.1, -0.05) is 6.07 Å². The van der Waals surface area contributed by atoms with Crippen molar-refractivity contribution in [3.63, 3.8) is 0 Å². The molecule has 0 aliphatic heterocycles. The average molecular weight is 220 g/mol. The topological polar surface area (TPSA) is 63.1 Å². The Morgan fingerprint density at radius 3 is 2.80 bits per heavy atom. The van der Waals surface area contributed by atoms with E-state index in [2.05, 4.69) is 9.97 Å². The number of carbonyl (C=O) groups is 1. The lowest BCUT2D eigenvalue weighted by Crippen LogP contribution is -1.98. The molecule has 0 fully saturated rings. The van der Waals surface area contributed by atoms with E-state index < -0.39 is 5.97 Å². The Kier molecular flexibility index (Phi) is 2.47. The summed E-state index contributed by atoms with van der Waals surface area (Å²) in [5, 5.41) is 9.49. The van der Waals surface area contributed by atoms with Gasteiger partial charge in [0.25, 0.3) is 0 Å². The van der Waals surface area contributed by atoms with Crippen LogP contribution in [0.4, 0.5) is 0 Å². The molecule has 0 radical (unpaired) electrons. The second kappa shape index (κ2) is 3.78. The molecule has 2 aromatic heterocycles. The Bertz CT molecular complexity index is 493. The van der Waals surface area contributed by atoms with Crippen LogP contribution in [0.1, 0.15) is 15.4 Å². The fourth-order valence-electron chi connectivity index (χ4n) is 1.19. The van der Waals surface area contributed by atoms with E-state index in [-0.39, 0.29) is 5.69 Å². The van der Waals surface area contributed by atoms with Gasteiger partial charge >= 0.3 is 5.97 Å². The van der Waals surface area contributed by atoms with E-state index in [4.69, 9.17) is 5.11 Å². The second-order valence-corrected chi connectivity index (χ2v) is 4.15. The number of pyridine rings is 1. The van der Waals surface area contributed by atoms with Gasteiger partial charge < -0.3 is 5.11 Å². The summed E-state index contributed by atoms with van der Waals surface area (Å²) in [6, 6.07) is 5.46. The van der Waals surface area contributed by atoms with E-state index >= 15 is 0 Å². The van der Waals surface area contributed by atoms with Crippen LogP contribution in [0, 0.1) is 6.92 Å². The van der Waals surface area contributed by atoms with Crippen molar-refractivity contribution in [1.82, 2.24) is 9.97 Å². The molecule has 5 heteroatoms. The number of thiazole rings is 1. The lowest BCUT2D eigenvalue weighted by Gasteiger charge is -1.91. The van der Waals surface area contributed by atoms with Gasteiger partial charge in [0, 0.05) is 11.1 Å². The van der Waals surface area contributed by atoms with Crippen LogP contribution in [0.25, 0.3) is 10.7 Å². The molecule has 0 saturated carbocycles. The molecule has 2 aromatic rings. The Balaban J connectivity index is 2.48. The number of aromatic nitrogens is 2. The van der Waals surface area contributed by atoms with Gasteiger partial charge in [-0.05, 0) is 19.1 Å². The lowest BCUT2D eigenvalue weighted by molar-refractivity contribution is 0.0690. The maximum atomic E-state index is 10.8. The minimum atomic E-state index is -0.995. The summed E-state index contributed by atoms with van der Waals surface area (Å²) in [5.41, 5.74) is 0.818. The molecule has 4 nitrogen and oxygen atoms in total. The van der Waals surface area contributed by atoms with Gasteiger partial charge in [-0.15, -0.1) is 11.3 Å². The first-order chi connectivity index (χ1) is 7.18. The molecule has 0 atom stereocenters. The quantitative estimate of drug-likeness (QED) is 0.842. The fraction of sp³-hybridized carbons (Fsp3) is 0.100. The average Bonchev–Trinajstić information content (AvgIpc) is 2.62. The molecule has 15 heavy (non-hydrogen) atoms. The standard InChI is InChI=1S/C10H8N2O2S/c1-6-8(10(13)14)12-9(15-6)7-4-2-3-5-11-7/h2-5H,1H3,(H,13,14). The van der Waals surface area contributed by atoms with Gasteiger partial charge in [0.2, 0.25) is 0 Å². The molecule has 0 unspecified atom stereocenters. The summed E-state index contributed by atoms with van der Waals surface area (Å²) >= 11 is 1.34. The molecule has 0 aliphatic carbocycles. The molecule has 0 spiro atoms. The zero-order valence-corrected chi connectivity index (χ0v) is 8.78. The lowest BCUT2D eigenvalue weighted by atomic mass is 10.3. The van der Waals surface area contributed by atoms with Gasteiger partial charge in [-0.3, -0.25) is 4.98 Å². The maximum absolute atomic E-state index is 10.8. The van der Waals surface area contributed by atoms with E-state index in [0.29, 0.717) is 15.6 Å². The number of hydrogen-bond donors (Lipinski definition) is 1. The molecule has 0 bridgehead atoms. The Morgan fingerprint density at radius 1 is 1.47 bits per heavy atom. The van der Waals surface area contributed by atoms with Crippen LogP contribution >= 0.6 is 11.3 Å². The van der Waals surface area contributed by atoms with E-state index in [0.717, 1.165) is 0 Å². The minimum Gasteiger partial charge on any atom is -0.476 e. The molecule has 1 N–H and O–H groups in total. The third-order valence-electron chi connectivity index (χ3n) is 1.88. The molecule has 0 aliphatic rings. The van der Waals surface area contributed by atoms with Crippen LogP contribution in [0.3, 0.4) is 0 Å². The van der Waals surface area contributed by atoms with Gasteiger partial charge in [-0.25, -0.2) is 9.78 Å². The summed E-state index contributed by atoms with van der Waals surface area (Å²) in [6.45, 7) is 1.74. The summed E-state index contributed by atoms with van der Waals surface area (Å²) < 4.78 is 0. The van der Waals surface area contributed by atoms with Crippen LogP contribution in [-0.4, -0.2) is 21.0 Å². The highest BCUT2D eigenvalue weighted by molar-refractivity contribution is 7.15. The molecule has 2 rings (SSSR count). The number of aromatic carboxylic acids is 1. The van der Waals surface area contributed by atoms with Crippen molar-refractivity contribution in [2.75, 3.05) is 0 Å². The molecule has 0 aromatic carbocycles. The highest BCUT2D eigenvalue weighted by Gasteiger charge is 2.15. The van der Waals surface area contributed by atoms with Crippen molar-refractivity contribution in [3.8, 4) is 10.7 Å². The van der Waals surface area contributed by atoms with E-state index in [1.807, 2.05) is 18.2 Å². The predicted molar refractivity (Wildman–Crippen MR) is 57.0 cm³/mol. The monoisotopic (exact) mass is 220 g/mol. The first kappa shape index (κ1) is 9.79. The third kappa shape index (κ3) is 1.87. The van der Waals surface area contributed by atoms with Crippen LogP contribution in [0.15, 0.2) is 24.4 Å². The van der Waals surface area contributed by atoms with E-state index in [1.54, 1.807) is 13.1 Å². The highest BCUT2D eigenvalue weighted by Crippen LogP contribution is 2.25. The van der Waals surface area contributed by atoms with Gasteiger partial charge in [0.15, 0.2) is 5.69 Å². The highest BCUT2D eigenvalue weighted by atomic mass is 32.1. The maximum Gasteiger partial charge on any atom is 0.355 e. The number of nitrogens with zero attached hydrogens (tertiary/aromatic N) is 2. The zero-order chi connectivity index (χ0) is 10.8. The Hall–Kier alpha value is -1.75. The molecular formula is C10H8N2O2S. The molecule has 2 heterocycles.